The molecule has 2 rings (SSSR count). The Morgan fingerprint density at radius 3 is 3.24 bits per heavy atom. The molecule has 2 aliphatic heterocycles. The van der Waals surface area contributed by atoms with E-state index in [1.54, 1.807) is 17.8 Å². The van der Waals surface area contributed by atoms with Crippen molar-refractivity contribution in [2.75, 3.05) is 6.54 Å². The lowest BCUT2D eigenvalue weighted by Crippen LogP contribution is -2.43. The second-order valence-corrected chi connectivity index (χ2v) is 5.49. The lowest BCUT2D eigenvalue weighted by molar-refractivity contribution is -0.0660. The predicted molar refractivity (Wildman–Crippen MR) is 71.2 cm³/mol. The van der Waals surface area contributed by atoms with Gasteiger partial charge in [0.1, 0.15) is 5.44 Å². The van der Waals surface area contributed by atoms with E-state index >= 15 is 0 Å². The van der Waals surface area contributed by atoms with E-state index < -0.39 is 6.10 Å². The van der Waals surface area contributed by atoms with Crippen molar-refractivity contribution in [3.63, 3.8) is 0 Å². The second kappa shape index (κ2) is 5.89. The highest BCUT2D eigenvalue weighted by atomic mass is 32.2. The molecule has 0 aromatic rings. The molecule has 0 aromatic carbocycles. The Morgan fingerprint density at radius 1 is 1.71 bits per heavy atom. The Bertz CT molecular complexity index is 309. The molecule has 2 N–H and O–H groups in total. The van der Waals surface area contributed by atoms with Gasteiger partial charge in [0.2, 0.25) is 0 Å². The van der Waals surface area contributed by atoms with Gasteiger partial charge in [-0.2, -0.15) is 0 Å². The smallest absolute Gasteiger partial charge is 0.159 e. The molecule has 2 heterocycles. The molecule has 2 saturated heterocycles. The second-order valence-electron chi connectivity index (χ2n) is 4.40. The molecule has 2 aliphatic rings. The molecular formula is C12H20N2O2S. The fraction of sp³-hybridized carbons (Fsp3) is 0.750. The minimum Gasteiger partial charge on any atom is -0.386 e. The van der Waals surface area contributed by atoms with E-state index in [4.69, 9.17) is 4.74 Å². The van der Waals surface area contributed by atoms with Crippen molar-refractivity contribution >= 4 is 16.9 Å². The third-order valence-electron chi connectivity index (χ3n) is 3.04. The zero-order chi connectivity index (χ0) is 12.3. The quantitative estimate of drug-likeness (QED) is 0.749. The molecular weight excluding hydrogens is 236 g/mol. The maximum absolute atomic E-state index is 9.71. The van der Waals surface area contributed by atoms with Crippen LogP contribution in [0.3, 0.4) is 0 Å². The van der Waals surface area contributed by atoms with Crippen LogP contribution in [-0.4, -0.2) is 40.5 Å². The molecule has 0 spiro atoms. The van der Waals surface area contributed by atoms with Gasteiger partial charge >= 0.3 is 0 Å². The highest BCUT2D eigenvalue weighted by molar-refractivity contribution is 8.14. The van der Waals surface area contributed by atoms with Crippen LogP contribution in [-0.2, 0) is 4.74 Å². The summed E-state index contributed by atoms with van der Waals surface area (Å²) in [5.41, 5.74) is 0.0824. The van der Waals surface area contributed by atoms with E-state index in [-0.39, 0.29) is 11.5 Å². The first-order valence-electron chi connectivity index (χ1n) is 6.18. The number of amidine groups is 1. The summed E-state index contributed by atoms with van der Waals surface area (Å²) in [6, 6.07) is 0.337. The Kier molecular flexibility index (Phi) is 4.48. The first-order valence-corrected chi connectivity index (χ1v) is 7.06. The van der Waals surface area contributed by atoms with E-state index in [1.807, 2.05) is 0 Å². The Hall–Kier alpha value is -0.520. The normalized spacial score (nSPS) is 36.4. The molecule has 2 fully saturated rings. The molecule has 0 unspecified atom stereocenters. The van der Waals surface area contributed by atoms with Crippen LogP contribution in [0, 0.1) is 0 Å². The van der Waals surface area contributed by atoms with Gasteiger partial charge in [0.15, 0.2) is 5.17 Å². The van der Waals surface area contributed by atoms with Crippen molar-refractivity contribution in [1.29, 1.82) is 0 Å². The topological polar surface area (TPSA) is 53.8 Å². The molecule has 0 aromatic heterocycles. The van der Waals surface area contributed by atoms with Crippen molar-refractivity contribution < 1.29 is 9.84 Å². The fourth-order valence-corrected chi connectivity index (χ4v) is 3.24. The third-order valence-corrected chi connectivity index (χ3v) is 4.18. The lowest BCUT2D eigenvalue weighted by atomic mass is 10.0. The predicted octanol–water partition coefficient (Wildman–Crippen LogP) is 1.51. The number of nitrogens with one attached hydrogen (secondary N) is 1. The van der Waals surface area contributed by atoms with Crippen molar-refractivity contribution in [3.05, 3.63) is 12.7 Å². The van der Waals surface area contributed by atoms with Gasteiger partial charge < -0.3 is 15.2 Å². The van der Waals surface area contributed by atoms with Crippen molar-refractivity contribution in [2.45, 2.75) is 49.9 Å². The molecule has 0 aliphatic carbocycles. The average molecular weight is 256 g/mol. The van der Waals surface area contributed by atoms with Crippen molar-refractivity contribution in [2.24, 2.45) is 4.99 Å². The summed E-state index contributed by atoms with van der Waals surface area (Å²) in [5, 5.41) is 14.1. The maximum Gasteiger partial charge on any atom is 0.159 e. The highest BCUT2D eigenvalue weighted by Gasteiger charge is 2.39. The molecule has 4 nitrogen and oxygen atoms in total. The fourth-order valence-electron chi connectivity index (χ4n) is 2.07. The molecule has 96 valence electrons. The number of thioether (sulfide) groups is 1. The summed E-state index contributed by atoms with van der Waals surface area (Å²) in [5.74, 6) is 0. The van der Waals surface area contributed by atoms with Crippen molar-refractivity contribution in [1.82, 2.24) is 5.32 Å². The Morgan fingerprint density at radius 2 is 2.53 bits per heavy atom. The van der Waals surface area contributed by atoms with Crippen LogP contribution in [0.4, 0.5) is 0 Å². The van der Waals surface area contributed by atoms with Gasteiger partial charge in [-0.05, 0) is 19.3 Å². The number of hydrogen-bond acceptors (Lipinski definition) is 4. The number of aliphatic hydroxyl groups excluding tert-OH is 1. The minimum absolute atomic E-state index is 0.0824. The van der Waals surface area contributed by atoms with Gasteiger partial charge in [-0.15, -0.1) is 6.58 Å². The van der Waals surface area contributed by atoms with Gasteiger partial charge in [0.25, 0.3) is 0 Å². The van der Waals surface area contributed by atoms with Gasteiger partial charge in [-0.1, -0.05) is 24.8 Å². The van der Waals surface area contributed by atoms with E-state index in [0.717, 1.165) is 31.0 Å². The number of aliphatic imine (C=N–C) groups is 1. The molecule has 0 bridgehead atoms. The van der Waals surface area contributed by atoms with Crippen LogP contribution in [0.2, 0.25) is 0 Å². The Labute approximate surface area is 107 Å². The van der Waals surface area contributed by atoms with Gasteiger partial charge in [-0.3, -0.25) is 4.99 Å². The molecule has 0 saturated carbocycles. The van der Waals surface area contributed by atoms with Crippen LogP contribution < -0.4 is 5.32 Å². The summed E-state index contributed by atoms with van der Waals surface area (Å²) in [6.45, 7) is 6.57. The summed E-state index contributed by atoms with van der Waals surface area (Å²) in [6.07, 6.45) is 3.80. The van der Waals surface area contributed by atoms with Crippen LogP contribution in [0.1, 0.15) is 26.2 Å². The SMILES string of the molecule is C=C[C@H](O)[C@H]1CC[C@H]2NC(=NCCC)S[C@H]2O1. The molecule has 0 radical (unpaired) electrons. The lowest BCUT2D eigenvalue weighted by Gasteiger charge is -2.32. The minimum atomic E-state index is -0.562. The summed E-state index contributed by atoms with van der Waals surface area (Å²) in [7, 11) is 0. The van der Waals surface area contributed by atoms with Crippen LogP contribution in [0.5, 0.6) is 0 Å². The highest BCUT2D eigenvalue weighted by Crippen LogP contribution is 2.34. The zero-order valence-electron chi connectivity index (χ0n) is 10.1. The molecule has 17 heavy (non-hydrogen) atoms. The summed E-state index contributed by atoms with van der Waals surface area (Å²) >= 11 is 1.64. The molecule has 5 heteroatoms. The number of ether oxygens (including phenoxy) is 1. The molecule has 4 atom stereocenters. The Balaban J connectivity index is 1.92. The van der Waals surface area contributed by atoms with Gasteiger partial charge in [0, 0.05) is 6.54 Å². The van der Waals surface area contributed by atoms with E-state index in [0.29, 0.717) is 6.04 Å². The first kappa shape index (κ1) is 12.9. The monoisotopic (exact) mass is 256 g/mol. The third kappa shape index (κ3) is 3.03. The number of rotatable bonds is 4. The number of hydrogen-bond donors (Lipinski definition) is 2. The van der Waals surface area contributed by atoms with E-state index in [1.165, 1.54) is 0 Å². The zero-order valence-corrected chi connectivity index (χ0v) is 10.9. The van der Waals surface area contributed by atoms with Crippen LogP contribution in [0.15, 0.2) is 17.6 Å². The van der Waals surface area contributed by atoms with Crippen LogP contribution in [0.25, 0.3) is 0 Å². The number of aliphatic hydroxyl groups is 1. The van der Waals surface area contributed by atoms with Gasteiger partial charge in [0.05, 0.1) is 18.2 Å². The van der Waals surface area contributed by atoms with E-state index in [2.05, 4.69) is 23.8 Å². The average Bonchev–Trinajstić information content (AvgIpc) is 2.76. The summed E-state index contributed by atoms with van der Waals surface area (Å²) in [4.78, 5) is 4.46. The number of fused-ring (bicyclic) bond motifs is 1. The first-order chi connectivity index (χ1) is 8.24. The van der Waals surface area contributed by atoms with Crippen LogP contribution >= 0.6 is 11.8 Å². The largest absolute Gasteiger partial charge is 0.386 e. The van der Waals surface area contributed by atoms with Gasteiger partial charge in [-0.25, -0.2) is 0 Å². The van der Waals surface area contributed by atoms with Crippen molar-refractivity contribution in [3.8, 4) is 0 Å². The molecule has 0 amide bonds. The number of nitrogens with zero attached hydrogens (tertiary/aromatic N) is 1. The van der Waals surface area contributed by atoms with E-state index in [9.17, 15) is 5.11 Å². The maximum atomic E-state index is 9.71. The standard InChI is InChI=1S/C12H20N2O2S/c1-3-7-13-12-14-8-5-6-10(9(15)4-2)16-11(8)17-12/h4,8-11,15H,2-3,5-7H2,1H3,(H,13,14)/t8-,9+,10-,11-/m1/s1. The summed E-state index contributed by atoms with van der Waals surface area (Å²) < 4.78 is 5.87.